The average molecular weight is 327 g/mol. The van der Waals surface area contributed by atoms with Crippen LogP contribution in [0.4, 0.5) is 10.1 Å². The van der Waals surface area contributed by atoms with Gasteiger partial charge in [0.15, 0.2) is 0 Å². The molecule has 2 N–H and O–H groups in total. The lowest BCUT2D eigenvalue weighted by molar-refractivity contribution is 0.250. The second-order valence-electron chi connectivity index (χ2n) is 6.42. The number of piperazine rings is 1. The molecular weight excluding hydrogens is 301 g/mol. The number of benzene rings is 2. The van der Waals surface area contributed by atoms with Crippen molar-refractivity contribution < 1.29 is 4.39 Å². The number of nitrogens with zero attached hydrogens (tertiary/aromatic N) is 2. The third kappa shape index (κ3) is 4.34. The molecule has 4 heteroatoms. The molecule has 3 nitrogen and oxygen atoms in total. The molecule has 1 saturated heterocycles. The second kappa shape index (κ2) is 8.27. The van der Waals surface area contributed by atoms with Crippen molar-refractivity contribution in [2.24, 2.45) is 5.73 Å². The molecule has 0 atom stereocenters. The van der Waals surface area contributed by atoms with Crippen molar-refractivity contribution in [1.82, 2.24) is 4.90 Å². The van der Waals surface area contributed by atoms with Gasteiger partial charge < -0.3 is 10.6 Å². The summed E-state index contributed by atoms with van der Waals surface area (Å²) in [5, 5.41) is 0. The van der Waals surface area contributed by atoms with E-state index in [9.17, 15) is 4.39 Å². The quantitative estimate of drug-likeness (QED) is 0.885. The SMILES string of the molecule is NCCCc1ccc(N2CCN(Cc3ccccc3)CC2)cc1F. The van der Waals surface area contributed by atoms with Crippen molar-refractivity contribution in [2.75, 3.05) is 37.6 Å². The van der Waals surface area contributed by atoms with E-state index >= 15 is 0 Å². The number of nitrogens with two attached hydrogens (primary N) is 1. The van der Waals surface area contributed by atoms with Gasteiger partial charge in [0.05, 0.1) is 0 Å². The van der Waals surface area contributed by atoms with Gasteiger partial charge in [0, 0.05) is 38.4 Å². The number of hydrogen-bond acceptors (Lipinski definition) is 3. The number of rotatable bonds is 6. The highest BCUT2D eigenvalue weighted by molar-refractivity contribution is 5.48. The fourth-order valence-electron chi connectivity index (χ4n) is 3.23. The van der Waals surface area contributed by atoms with E-state index < -0.39 is 0 Å². The van der Waals surface area contributed by atoms with Crippen LogP contribution in [-0.4, -0.2) is 37.6 Å². The fraction of sp³-hybridized carbons (Fsp3) is 0.400. The lowest BCUT2D eigenvalue weighted by atomic mass is 10.1. The Morgan fingerprint density at radius 3 is 2.38 bits per heavy atom. The lowest BCUT2D eigenvalue weighted by Crippen LogP contribution is -2.46. The topological polar surface area (TPSA) is 32.5 Å². The summed E-state index contributed by atoms with van der Waals surface area (Å²) < 4.78 is 14.2. The van der Waals surface area contributed by atoms with Crippen LogP contribution < -0.4 is 10.6 Å². The summed E-state index contributed by atoms with van der Waals surface area (Å²) in [5.74, 6) is -0.104. The number of hydrogen-bond donors (Lipinski definition) is 1. The highest BCUT2D eigenvalue weighted by Crippen LogP contribution is 2.21. The standard InChI is InChI=1S/C20H26FN3/c21-20-15-19(9-8-18(20)7-4-10-22)24-13-11-23(12-14-24)16-17-5-2-1-3-6-17/h1-3,5-6,8-9,15H,4,7,10-14,16,22H2. The molecule has 0 bridgehead atoms. The Balaban J connectivity index is 1.55. The highest BCUT2D eigenvalue weighted by atomic mass is 19.1. The molecule has 24 heavy (non-hydrogen) atoms. The van der Waals surface area contributed by atoms with E-state index in [1.807, 2.05) is 18.2 Å². The normalized spacial score (nSPS) is 15.7. The predicted octanol–water partition coefficient (Wildman–Crippen LogP) is 3.04. The summed E-state index contributed by atoms with van der Waals surface area (Å²) in [6.45, 7) is 5.48. The van der Waals surface area contributed by atoms with Crippen LogP contribution in [0, 0.1) is 5.82 Å². The van der Waals surface area contributed by atoms with Crippen LogP contribution in [0.25, 0.3) is 0 Å². The lowest BCUT2D eigenvalue weighted by Gasteiger charge is -2.36. The molecule has 3 rings (SSSR count). The number of halogens is 1. The fourth-order valence-corrected chi connectivity index (χ4v) is 3.23. The minimum Gasteiger partial charge on any atom is -0.369 e. The molecule has 0 radical (unpaired) electrons. The molecule has 128 valence electrons. The summed E-state index contributed by atoms with van der Waals surface area (Å²) in [5.41, 5.74) is 8.61. The number of anilines is 1. The first kappa shape index (κ1) is 16.9. The summed E-state index contributed by atoms with van der Waals surface area (Å²) in [6.07, 6.45) is 1.54. The zero-order valence-electron chi connectivity index (χ0n) is 14.1. The van der Waals surface area contributed by atoms with Gasteiger partial charge >= 0.3 is 0 Å². The molecule has 1 fully saturated rings. The monoisotopic (exact) mass is 327 g/mol. The molecule has 1 aliphatic heterocycles. The van der Waals surface area contributed by atoms with Crippen molar-refractivity contribution in [3.63, 3.8) is 0 Å². The van der Waals surface area contributed by atoms with Gasteiger partial charge in [-0.3, -0.25) is 4.90 Å². The zero-order valence-corrected chi connectivity index (χ0v) is 14.1. The Morgan fingerprint density at radius 1 is 0.958 bits per heavy atom. The van der Waals surface area contributed by atoms with E-state index in [-0.39, 0.29) is 5.82 Å². The maximum Gasteiger partial charge on any atom is 0.128 e. The van der Waals surface area contributed by atoms with Crippen LogP contribution in [0.1, 0.15) is 17.5 Å². The Hall–Kier alpha value is -1.91. The highest BCUT2D eigenvalue weighted by Gasteiger charge is 2.18. The third-order valence-corrected chi connectivity index (χ3v) is 4.67. The summed E-state index contributed by atoms with van der Waals surface area (Å²) in [7, 11) is 0. The van der Waals surface area contributed by atoms with Crippen molar-refractivity contribution in [2.45, 2.75) is 19.4 Å². The third-order valence-electron chi connectivity index (χ3n) is 4.67. The molecule has 0 saturated carbocycles. The Labute approximate surface area is 143 Å². The first-order chi connectivity index (χ1) is 11.8. The summed E-state index contributed by atoms with van der Waals surface area (Å²) >= 11 is 0. The van der Waals surface area contributed by atoms with Crippen molar-refractivity contribution in [3.05, 3.63) is 65.5 Å². The van der Waals surface area contributed by atoms with Crippen LogP contribution >= 0.6 is 0 Å². The molecule has 2 aromatic carbocycles. The Bertz CT molecular complexity index is 637. The molecule has 1 aliphatic rings. The van der Waals surface area contributed by atoms with Crippen LogP contribution in [0.15, 0.2) is 48.5 Å². The largest absolute Gasteiger partial charge is 0.369 e. The molecule has 0 spiro atoms. The minimum absolute atomic E-state index is 0.104. The molecule has 2 aromatic rings. The van der Waals surface area contributed by atoms with Crippen molar-refractivity contribution in [3.8, 4) is 0 Å². The van der Waals surface area contributed by atoms with E-state index in [0.717, 1.165) is 50.4 Å². The summed E-state index contributed by atoms with van der Waals surface area (Å²) in [6, 6.07) is 16.2. The van der Waals surface area contributed by atoms with Gasteiger partial charge in [-0.15, -0.1) is 0 Å². The maximum absolute atomic E-state index is 14.2. The van der Waals surface area contributed by atoms with Crippen LogP contribution in [-0.2, 0) is 13.0 Å². The molecular formula is C20H26FN3. The van der Waals surface area contributed by atoms with E-state index in [4.69, 9.17) is 5.73 Å². The first-order valence-electron chi connectivity index (χ1n) is 8.76. The number of aryl methyl sites for hydroxylation is 1. The van der Waals surface area contributed by atoms with Gasteiger partial charge in [-0.2, -0.15) is 0 Å². The van der Waals surface area contributed by atoms with E-state index in [1.165, 1.54) is 5.56 Å². The van der Waals surface area contributed by atoms with Gasteiger partial charge in [-0.05, 0) is 42.6 Å². The van der Waals surface area contributed by atoms with E-state index in [2.05, 4.69) is 34.1 Å². The van der Waals surface area contributed by atoms with Gasteiger partial charge in [0.1, 0.15) is 5.82 Å². The van der Waals surface area contributed by atoms with Crippen molar-refractivity contribution in [1.29, 1.82) is 0 Å². The average Bonchev–Trinajstić information content (AvgIpc) is 2.62. The second-order valence-corrected chi connectivity index (χ2v) is 6.42. The smallest absolute Gasteiger partial charge is 0.128 e. The maximum atomic E-state index is 14.2. The van der Waals surface area contributed by atoms with Gasteiger partial charge in [-0.1, -0.05) is 36.4 Å². The minimum atomic E-state index is -0.104. The van der Waals surface area contributed by atoms with E-state index in [0.29, 0.717) is 13.0 Å². The first-order valence-corrected chi connectivity index (χ1v) is 8.76. The van der Waals surface area contributed by atoms with Gasteiger partial charge in [0.25, 0.3) is 0 Å². The molecule has 0 unspecified atom stereocenters. The van der Waals surface area contributed by atoms with Crippen LogP contribution in [0.3, 0.4) is 0 Å². The summed E-state index contributed by atoms with van der Waals surface area (Å²) in [4.78, 5) is 4.73. The van der Waals surface area contributed by atoms with E-state index in [1.54, 1.807) is 6.07 Å². The van der Waals surface area contributed by atoms with Crippen molar-refractivity contribution >= 4 is 5.69 Å². The van der Waals surface area contributed by atoms with Gasteiger partial charge in [0.2, 0.25) is 0 Å². The molecule has 0 aliphatic carbocycles. The van der Waals surface area contributed by atoms with Crippen LogP contribution in [0.2, 0.25) is 0 Å². The Morgan fingerprint density at radius 2 is 1.71 bits per heavy atom. The Kier molecular flexibility index (Phi) is 5.83. The van der Waals surface area contributed by atoms with Gasteiger partial charge in [-0.25, -0.2) is 4.39 Å². The predicted molar refractivity (Wildman–Crippen MR) is 97.7 cm³/mol. The van der Waals surface area contributed by atoms with Crippen LogP contribution in [0.5, 0.6) is 0 Å². The molecule has 0 aromatic heterocycles. The zero-order chi connectivity index (χ0) is 16.8. The molecule has 1 heterocycles. The molecule has 0 amide bonds.